The number of phosphoric ester groups is 2. The van der Waals surface area contributed by atoms with Crippen molar-refractivity contribution in [2.24, 2.45) is 0 Å². The summed E-state index contributed by atoms with van der Waals surface area (Å²) in [6.07, 6.45) is 0. The third kappa shape index (κ3) is 1.30. The Balaban J connectivity index is 1.64. The number of fused-ring (bicyclic) bond motifs is 5. The predicted molar refractivity (Wildman–Crippen MR) is 60.0 cm³/mol. The molecule has 0 aromatic carbocycles. The topological polar surface area (TPSA) is 232 Å². The fraction of sp³-hybridized carbons (Fsp3) is 1.00. The number of rotatable bonds is 0. The summed E-state index contributed by atoms with van der Waals surface area (Å²) in [7, 11) is -15.0. The molecule has 0 radical (unpaired) electrons. The fourth-order valence-electron chi connectivity index (χ4n) is 3.77. The third-order valence-electron chi connectivity index (χ3n) is 4.87. The van der Waals surface area contributed by atoms with Gasteiger partial charge in [0.15, 0.2) is 0 Å². The molecule has 156 valence electrons. The molecule has 6 aliphatic heterocycles. The second kappa shape index (κ2) is 4.08. The monoisotopic (exact) mass is 472 g/mol. The molecule has 0 aromatic rings. The van der Waals surface area contributed by atoms with E-state index in [4.69, 9.17) is 27.5 Å². The van der Waals surface area contributed by atoms with Crippen molar-refractivity contribution in [3.8, 4) is 0 Å². The first-order chi connectivity index (χ1) is 12.9. The lowest BCUT2D eigenvalue weighted by Crippen LogP contribution is -2.95. The van der Waals surface area contributed by atoms with E-state index in [-0.39, 0.29) is 0 Å². The van der Waals surface area contributed by atoms with E-state index in [1.807, 2.05) is 0 Å². The van der Waals surface area contributed by atoms with Gasteiger partial charge in [0, 0.05) is 0 Å². The third-order valence-corrected chi connectivity index (χ3v) is 8.32. The molecule has 6 heterocycles. The van der Waals surface area contributed by atoms with Gasteiger partial charge in [-0.1, -0.05) is 0 Å². The zero-order valence-corrected chi connectivity index (χ0v) is 14.9. The van der Waals surface area contributed by atoms with Gasteiger partial charge in [0.05, 0.1) is 0 Å². The summed E-state index contributed by atoms with van der Waals surface area (Å²) < 4.78 is 78.7. The zero-order chi connectivity index (χ0) is 19.7. The zero-order valence-electron chi connectivity index (χ0n) is 12.2. The molecule has 6 saturated heterocycles. The summed E-state index contributed by atoms with van der Waals surface area (Å²) in [6, 6.07) is 0. The molecule has 7 rings (SSSR count). The number of hydrogen-bond acceptors (Lipinski definition) is 19. The molecular weight excluding hydrogens is 469 g/mol. The largest absolute Gasteiger partial charge is 0.557 e. The highest BCUT2D eigenvalue weighted by Gasteiger charge is 3.11. The second-order valence-electron chi connectivity index (χ2n) is 6.21. The summed E-state index contributed by atoms with van der Waals surface area (Å²) >= 11 is 0. The minimum Gasteiger partial charge on any atom is -0.356 e. The molecule has 22 heteroatoms. The molecule has 0 amide bonds. The number of phosphoric acid groups is 3. The first-order valence-electron chi connectivity index (χ1n) is 6.87. The highest BCUT2D eigenvalue weighted by atomic mass is 31.2. The van der Waals surface area contributed by atoms with Crippen molar-refractivity contribution in [1.82, 2.24) is 0 Å². The maximum Gasteiger partial charge on any atom is 0.557 e. The summed E-state index contributed by atoms with van der Waals surface area (Å²) in [6.45, 7) is 0. The summed E-state index contributed by atoms with van der Waals surface area (Å²) in [4.78, 5) is 18.6. The quantitative estimate of drug-likeness (QED) is 0.267. The Bertz CT molecular complexity index is 1010. The lowest BCUT2D eigenvalue weighted by molar-refractivity contribution is -0.670. The van der Waals surface area contributed by atoms with Crippen LogP contribution in [0.5, 0.6) is 0 Å². The van der Waals surface area contributed by atoms with Gasteiger partial charge in [0.25, 0.3) is 0 Å². The number of aliphatic hydroxyl groups is 3. The van der Waals surface area contributed by atoms with Crippen molar-refractivity contribution in [3.05, 3.63) is 0 Å². The Kier molecular flexibility index (Phi) is 2.58. The van der Waals surface area contributed by atoms with Gasteiger partial charge >= 0.3 is 58.2 Å². The first kappa shape index (κ1) is 17.7. The van der Waals surface area contributed by atoms with Gasteiger partial charge in [0.1, 0.15) is 0 Å². The van der Waals surface area contributed by atoms with E-state index in [2.05, 4.69) is 33.4 Å². The molecular formula is C6H3O19P3. The van der Waals surface area contributed by atoms with E-state index in [0.29, 0.717) is 0 Å². The van der Waals surface area contributed by atoms with Crippen molar-refractivity contribution in [3.63, 3.8) is 0 Å². The van der Waals surface area contributed by atoms with Gasteiger partial charge in [-0.2, -0.15) is 19.6 Å². The summed E-state index contributed by atoms with van der Waals surface area (Å²) in [5, 5.41) is 33.4. The van der Waals surface area contributed by atoms with Gasteiger partial charge in [-0.15, -0.1) is 18.7 Å². The number of hydrogen-bond donors (Lipinski definition) is 3. The Morgan fingerprint density at radius 3 is 1.54 bits per heavy atom. The van der Waals surface area contributed by atoms with Crippen LogP contribution in [0.4, 0.5) is 0 Å². The van der Waals surface area contributed by atoms with Crippen LogP contribution < -0.4 is 0 Å². The molecule has 28 heavy (non-hydrogen) atoms. The van der Waals surface area contributed by atoms with Gasteiger partial charge in [-0.3, -0.25) is 0 Å². The molecule has 9 atom stereocenters. The average molecular weight is 472 g/mol. The highest BCUT2D eigenvalue weighted by molar-refractivity contribution is 7.49. The minimum atomic E-state index is -5.03. The van der Waals surface area contributed by atoms with E-state index in [1.54, 1.807) is 0 Å². The van der Waals surface area contributed by atoms with Crippen LogP contribution in [0.3, 0.4) is 0 Å². The fourth-order valence-corrected chi connectivity index (χ4v) is 7.75. The van der Waals surface area contributed by atoms with Crippen molar-refractivity contribution in [2.45, 2.75) is 34.7 Å². The molecule has 3 spiro atoms. The predicted octanol–water partition coefficient (Wildman–Crippen LogP) is -1.56. The standard InChI is InChI=1S/C6H3O19P3/c7-1-2(8)5-6(21-26(10,17-2)20-5)3(9,4(1)14-23-27(11,18-1)19-4)13-22-28(12,24-15-5)25-16-6/h7-9H/t1-,2-,3+,4+,5+,6-,26?,27?,28?/m1/s1. The maximum atomic E-state index is 12.7. The van der Waals surface area contributed by atoms with Crippen LogP contribution >= 0.6 is 23.5 Å². The van der Waals surface area contributed by atoms with Crippen molar-refractivity contribution >= 4 is 23.5 Å². The Morgan fingerprint density at radius 1 is 0.464 bits per heavy atom. The van der Waals surface area contributed by atoms with Gasteiger partial charge in [-0.25, -0.2) is 36.3 Å². The molecule has 3 N–H and O–H groups in total. The molecule has 7 aliphatic rings. The average Bonchev–Trinajstić information content (AvgIpc) is 3.19. The first-order valence-corrected chi connectivity index (χ1v) is 11.2. The van der Waals surface area contributed by atoms with E-state index in [1.165, 1.54) is 0 Å². The van der Waals surface area contributed by atoms with Crippen LogP contribution in [0, 0.1) is 0 Å². The van der Waals surface area contributed by atoms with Gasteiger partial charge in [0.2, 0.25) is 0 Å². The Labute approximate surface area is 149 Å². The van der Waals surface area contributed by atoms with E-state index in [9.17, 15) is 29.0 Å². The van der Waals surface area contributed by atoms with Crippen molar-refractivity contribution in [2.75, 3.05) is 0 Å². The van der Waals surface area contributed by atoms with Crippen LogP contribution in [0.15, 0.2) is 0 Å². The second-order valence-corrected chi connectivity index (χ2v) is 10.4. The van der Waals surface area contributed by atoms with Crippen molar-refractivity contribution < 1.29 is 89.9 Å². The van der Waals surface area contributed by atoms with Gasteiger partial charge < -0.3 is 15.3 Å². The maximum absolute atomic E-state index is 12.7. The molecule has 0 aromatic heterocycles. The minimum absolute atomic E-state index is 3.41. The SMILES string of the molecule is O=P12OO[C@@]3(O)[C@]45OOP(=O)(O[C@]4(O)[C@@]4(O)OP6(=O)O[C@@]3(OO1)[C@@]4(OO2)O6)O5. The lowest BCUT2D eigenvalue weighted by Gasteiger charge is -2.61. The summed E-state index contributed by atoms with van der Waals surface area (Å²) in [5.41, 5.74) is 0. The van der Waals surface area contributed by atoms with Crippen LogP contribution in [-0.2, 0) is 74.6 Å². The van der Waals surface area contributed by atoms with E-state index < -0.39 is 58.2 Å². The lowest BCUT2D eigenvalue weighted by atomic mass is 9.69. The normalized spacial score (nSPS) is 73.4. The van der Waals surface area contributed by atoms with Crippen molar-refractivity contribution in [1.29, 1.82) is 0 Å². The molecule has 7 fully saturated rings. The molecule has 3 unspecified atom stereocenters. The van der Waals surface area contributed by atoms with Crippen LogP contribution in [0.2, 0.25) is 0 Å². The smallest absolute Gasteiger partial charge is 0.356 e. The van der Waals surface area contributed by atoms with E-state index in [0.717, 1.165) is 0 Å². The molecule has 19 nitrogen and oxygen atoms in total. The van der Waals surface area contributed by atoms with Crippen LogP contribution in [0.1, 0.15) is 0 Å². The molecule has 1 saturated carbocycles. The molecule has 1 aliphatic carbocycles. The summed E-state index contributed by atoms with van der Waals surface area (Å²) in [5.74, 6) is -21.4. The molecule has 6 bridgehead atoms. The van der Waals surface area contributed by atoms with Gasteiger partial charge in [-0.05, 0) is 0 Å². The Hall–Kier alpha value is 0.0500. The van der Waals surface area contributed by atoms with Crippen LogP contribution in [-0.4, -0.2) is 50.0 Å². The Morgan fingerprint density at radius 2 is 0.893 bits per heavy atom. The van der Waals surface area contributed by atoms with Crippen LogP contribution in [0.25, 0.3) is 0 Å². The highest BCUT2D eigenvalue weighted by Crippen LogP contribution is 2.90. The van der Waals surface area contributed by atoms with E-state index >= 15 is 0 Å².